The van der Waals surface area contributed by atoms with Crippen molar-refractivity contribution >= 4 is 12.0 Å². The van der Waals surface area contributed by atoms with Crippen LogP contribution in [0.4, 0.5) is 9.18 Å². The second-order valence-corrected chi connectivity index (χ2v) is 7.34. The fraction of sp³-hybridized carbons (Fsp3) is 0.556. The number of rotatable bonds is 4. The number of methoxy groups -OCH3 is 1. The van der Waals surface area contributed by atoms with E-state index in [1.807, 2.05) is 4.90 Å². The maximum Gasteiger partial charge on any atom is 0.319 e. The number of hydrogen-bond acceptors (Lipinski definition) is 4. The first-order chi connectivity index (χ1) is 12.3. The number of carbonyl (C=O) groups excluding carboxylic acids is 1. The average molecular weight is 365 g/mol. The molecule has 2 fully saturated rings. The zero-order valence-electron chi connectivity index (χ0n) is 15.2. The number of amides is 2. The van der Waals surface area contributed by atoms with E-state index in [-0.39, 0.29) is 24.3 Å². The van der Waals surface area contributed by atoms with Gasteiger partial charge in [0.15, 0.2) is 0 Å². The lowest BCUT2D eigenvalue weighted by Gasteiger charge is -2.27. The molecule has 8 heteroatoms. The van der Waals surface area contributed by atoms with Crippen LogP contribution >= 0.6 is 0 Å². The molecule has 2 amide bonds. The predicted octanol–water partition coefficient (Wildman–Crippen LogP) is 1.33. The number of hydrogen-bond donors (Lipinski definition) is 1. The Hall–Kier alpha value is -2.35. The average Bonchev–Trinajstić information content (AvgIpc) is 3.11. The topological polar surface area (TPSA) is 73.3 Å². The minimum Gasteiger partial charge on any atom is -0.497 e. The van der Waals surface area contributed by atoms with Gasteiger partial charge in [0.2, 0.25) is 0 Å². The van der Waals surface area contributed by atoms with Crippen molar-refractivity contribution in [3.8, 4) is 5.75 Å². The summed E-state index contributed by atoms with van der Waals surface area (Å²) in [5.41, 5.74) is -0.521. The van der Waals surface area contributed by atoms with Gasteiger partial charge in [0.05, 0.1) is 7.11 Å². The normalized spacial score (nSPS) is 25.2. The van der Waals surface area contributed by atoms with E-state index in [1.165, 1.54) is 18.1 Å². The summed E-state index contributed by atoms with van der Waals surface area (Å²) >= 11 is 0. The van der Waals surface area contributed by atoms with Crippen LogP contribution in [0.5, 0.6) is 5.75 Å². The Morgan fingerprint density at radius 1 is 1.35 bits per heavy atom. The molecule has 7 nitrogen and oxygen atoms in total. The van der Waals surface area contributed by atoms with Crippen molar-refractivity contribution in [3.05, 3.63) is 29.6 Å². The predicted molar refractivity (Wildman–Crippen MR) is 92.4 cm³/mol. The van der Waals surface area contributed by atoms with E-state index in [9.17, 15) is 19.1 Å². The molecule has 0 bridgehead atoms. The smallest absolute Gasteiger partial charge is 0.319 e. The van der Waals surface area contributed by atoms with Crippen LogP contribution in [0.15, 0.2) is 18.2 Å². The third-order valence-electron chi connectivity index (χ3n) is 5.41. The summed E-state index contributed by atoms with van der Waals surface area (Å²) < 4.78 is 19.2. The van der Waals surface area contributed by atoms with Crippen LogP contribution in [0.1, 0.15) is 5.56 Å². The highest BCUT2D eigenvalue weighted by Crippen LogP contribution is 2.43. The lowest BCUT2D eigenvalue weighted by atomic mass is 9.81. The van der Waals surface area contributed by atoms with Gasteiger partial charge in [0.1, 0.15) is 17.0 Å². The zero-order chi connectivity index (χ0) is 19.1. The third kappa shape index (κ3) is 3.09. The molecular weight excluding hydrogens is 341 g/mol. The van der Waals surface area contributed by atoms with E-state index in [4.69, 9.17) is 4.74 Å². The van der Waals surface area contributed by atoms with Crippen LogP contribution in [-0.4, -0.2) is 79.2 Å². The van der Waals surface area contributed by atoms with E-state index in [0.717, 1.165) is 0 Å². The molecule has 1 aromatic rings. The van der Waals surface area contributed by atoms with Crippen LogP contribution in [0, 0.1) is 17.2 Å². The maximum atomic E-state index is 14.1. The van der Waals surface area contributed by atoms with Gasteiger partial charge in [-0.2, -0.15) is 0 Å². The fourth-order valence-electron chi connectivity index (χ4n) is 4.06. The van der Waals surface area contributed by atoms with Gasteiger partial charge in [-0.25, -0.2) is 9.18 Å². The second-order valence-electron chi connectivity index (χ2n) is 7.34. The molecule has 142 valence electrons. The van der Waals surface area contributed by atoms with Crippen LogP contribution < -0.4 is 4.74 Å². The molecule has 0 radical (unpaired) electrons. The summed E-state index contributed by atoms with van der Waals surface area (Å²) in [5, 5.41) is 9.86. The molecule has 0 saturated carbocycles. The van der Waals surface area contributed by atoms with Crippen molar-refractivity contribution in [2.45, 2.75) is 6.54 Å². The minimum atomic E-state index is -0.999. The number of carboxylic acids is 1. The van der Waals surface area contributed by atoms with Gasteiger partial charge in [-0.3, -0.25) is 9.69 Å². The number of fused-ring (bicyclic) bond motifs is 1. The highest BCUT2D eigenvalue weighted by Gasteiger charge is 2.58. The molecular formula is C18H24FN3O4. The number of benzene rings is 1. The van der Waals surface area contributed by atoms with Crippen LogP contribution in [0.2, 0.25) is 0 Å². The summed E-state index contributed by atoms with van der Waals surface area (Å²) in [6.45, 7) is 1.71. The number of halogens is 1. The van der Waals surface area contributed by atoms with Crippen molar-refractivity contribution < 1.29 is 23.8 Å². The molecule has 2 atom stereocenters. The van der Waals surface area contributed by atoms with E-state index < -0.39 is 11.4 Å². The van der Waals surface area contributed by atoms with Crippen molar-refractivity contribution in [2.75, 3.05) is 47.4 Å². The number of urea groups is 1. The lowest BCUT2D eigenvalue weighted by Crippen LogP contribution is -2.44. The van der Waals surface area contributed by atoms with Crippen molar-refractivity contribution in [1.82, 2.24) is 14.7 Å². The standard InChI is InChI=1S/C18H24FN3O4/c1-20(2)17(25)22-9-13-8-21(10-18(13,11-22)16(23)24)7-12-6-14(26-3)4-5-15(12)19/h4-6,13H,7-11H2,1-3H3,(H,23,24)/t13-,18-/m1/s1. The fourth-order valence-corrected chi connectivity index (χ4v) is 4.06. The molecule has 0 spiro atoms. The summed E-state index contributed by atoms with van der Waals surface area (Å²) in [7, 11) is 4.83. The number of ether oxygens (including phenoxy) is 1. The first-order valence-electron chi connectivity index (χ1n) is 8.51. The monoisotopic (exact) mass is 365 g/mol. The van der Waals surface area contributed by atoms with Gasteiger partial charge >= 0.3 is 12.0 Å². The largest absolute Gasteiger partial charge is 0.497 e. The number of likely N-dealkylation sites (tertiary alicyclic amines) is 2. The highest BCUT2D eigenvalue weighted by atomic mass is 19.1. The Bertz CT molecular complexity index is 726. The second kappa shape index (κ2) is 6.75. The van der Waals surface area contributed by atoms with E-state index in [2.05, 4.69) is 0 Å². The number of aliphatic carboxylic acids is 1. The SMILES string of the molecule is COc1ccc(F)c(CN2C[C@@H]3CN(C(=O)N(C)C)C[C@]3(C(=O)O)C2)c1. The summed E-state index contributed by atoms with van der Waals surface area (Å²) in [6.07, 6.45) is 0. The van der Waals surface area contributed by atoms with Gasteiger partial charge in [-0.1, -0.05) is 0 Å². The van der Waals surface area contributed by atoms with E-state index >= 15 is 0 Å². The Morgan fingerprint density at radius 3 is 2.65 bits per heavy atom. The van der Waals surface area contributed by atoms with Gasteiger partial charge < -0.3 is 19.6 Å². The maximum absolute atomic E-state index is 14.1. The Kier molecular flexibility index (Phi) is 4.79. The number of carboxylic acid groups (broad SMARTS) is 1. The molecule has 0 unspecified atom stereocenters. The van der Waals surface area contributed by atoms with Crippen LogP contribution in [-0.2, 0) is 11.3 Å². The van der Waals surface area contributed by atoms with Gasteiger partial charge in [0, 0.05) is 58.3 Å². The molecule has 0 aliphatic carbocycles. The van der Waals surface area contributed by atoms with Crippen molar-refractivity contribution in [1.29, 1.82) is 0 Å². The molecule has 3 rings (SSSR count). The zero-order valence-corrected chi connectivity index (χ0v) is 15.2. The number of nitrogens with zero attached hydrogens (tertiary/aromatic N) is 3. The number of carbonyl (C=O) groups is 2. The molecule has 1 aromatic carbocycles. The summed E-state index contributed by atoms with van der Waals surface area (Å²) in [4.78, 5) is 29.3. The third-order valence-corrected chi connectivity index (χ3v) is 5.41. The quantitative estimate of drug-likeness (QED) is 0.872. The first kappa shape index (κ1) is 18.4. The summed E-state index contributed by atoms with van der Waals surface area (Å²) in [6, 6.07) is 4.38. The lowest BCUT2D eigenvalue weighted by molar-refractivity contribution is -0.148. The molecule has 2 aliphatic heterocycles. The molecule has 2 heterocycles. The van der Waals surface area contributed by atoms with Crippen molar-refractivity contribution in [2.24, 2.45) is 11.3 Å². The van der Waals surface area contributed by atoms with Crippen LogP contribution in [0.3, 0.4) is 0 Å². The Morgan fingerprint density at radius 2 is 2.08 bits per heavy atom. The van der Waals surface area contributed by atoms with Crippen molar-refractivity contribution in [3.63, 3.8) is 0 Å². The molecule has 1 N–H and O–H groups in total. The molecule has 2 aliphatic rings. The minimum absolute atomic E-state index is 0.169. The molecule has 26 heavy (non-hydrogen) atoms. The molecule has 2 saturated heterocycles. The molecule has 0 aromatic heterocycles. The van der Waals surface area contributed by atoms with Gasteiger partial charge in [-0.05, 0) is 18.2 Å². The highest BCUT2D eigenvalue weighted by molar-refractivity contribution is 5.80. The van der Waals surface area contributed by atoms with Crippen LogP contribution in [0.25, 0.3) is 0 Å². The Labute approximate surface area is 151 Å². The summed E-state index contributed by atoms with van der Waals surface area (Å²) in [5.74, 6) is -0.837. The van der Waals surface area contributed by atoms with E-state index in [0.29, 0.717) is 37.5 Å². The van der Waals surface area contributed by atoms with Gasteiger partial charge in [-0.15, -0.1) is 0 Å². The van der Waals surface area contributed by atoms with E-state index in [1.54, 1.807) is 31.1 Å². The first-order valence-corrected chi connectivity index (χ1v) is 8.51. The Balaban J connectivity index is 1.76. The van der Waals surface area contributed by atoms with Gasteiger partial charge in [0.25, 0.3) is 0 Å².